The summed E-state index contributed by atoms with van der Waals surface area (Å²) in [7, 11) is -3.12. The quantitative estimate of drug-likeness (QED) is 0.915. The van der Waals surface area contributed by atoms with Crippen molar-refractivity contribution >= 4 is 26.8 Å². The van der Waals surface area contributed by atoms with Crippen LogP contribution in [0.25, 0.3) is 10.9 Å². The molecule has 3 rings (SSSR count). The molecule has 122 valence electrons. The molecule has 1 saturated heterocycles. The maximum absolute atomic E-state index is 12.4. The van der Waals surface area contributed by atoms with Crippen molar-refractivity contribution in [2.45, 2.75) is 13.3 Å². The number of hydrogen-bond donors (Lipinski definition) is 1. The van der Waals surface area contributed by atoms with E-state index < -0.39 is 10.0 Å². The first kappa shape index (κ1) is 15.9. The van der Waals surface area contributed by atoms with Crippen LogP contribution in [0.4, 0.5) is 0 Å². The second-order valence-electron chi connectivity index (χ2n) is 5.65. The van der Waals surface area contributed by atoms with Crippen molar-refractivity contribution in [1.29, 1.82) is 0 Å². The minimum atomic E-state index is -3.12. The molecule has 1 aliphatic heterocycles. The van der Waals surface area contributed by atoms with E-state index in [1.807, 2.05) is 31.2 Å². The molecular weight excluding hydrogens is 314 g/mol. The summed E-state index contributed by atoms with van der Waals surface area (Å²) in [6.45, 7) is 3.00. The lowest BCUT2D eigenvalue weighted by atomic mass is 10.1. The van der Waals surface area contributed by atoms with Crippen LogP contribution in [0.15, 0.2) is 30.3 Å². The summed E-state index contributed by atoms with van der Waals surface area (Å²) in [5.74, 6) is -0.00178. The lowest BCUT2D eigenvalue weighted by molar-refractivity contribution is 0.0953. The van der Waals surface area contributed by atoms with E-state index in [-0.39, 0.29) is 11.7 Å². The third-order valence-corrected chi connectivity index (χ3v) is 5.90. The van der Waals surface area contributed by atoms with E-state index in [2.05, 4.69) is 10.3 Å². The Kier molecular flexibility index (Phi) is 4.32. The van der Waals surface area contributed by atoms with Crippen LogP contribution in [-0.2, 0) is 10.0 Å². The van der Waals surface area contributed by atoms with Gasteiger partial charge in [-0.3, -0.25) is 9.78 Å². The molecule has 1 aromatic heterocycles. The summed E-state index contributed by atoms with van der Waals surface area (Å²) in [6, 6.07) is 9.24. The lowest BCUT2D eigenvalue weighted by Crippen LogP contribution is -2.36. The largest absolute Gasteiger partial charge is 0.351 e. The van der Waals surface area contributed by atoms with Gasteiger partial charge in [0.25, 0.3) is 5.91 Å². The molecule has 1 amide bonds. The first-order chi connectivity index (χ1) is 11.0. The van der Waals surface area contributed by atoms with Crippen molar-refractivity contribution in [3.05, 3.63) is 41.6 Å². The van der Waals surface area contributed by atoms with E-state index in [1.54, 1.807) is 6.07 Å². The number of amides is 1. The topological polar surface area (TPSA) is 79.4 Å². The van der Waals surface area contributed by atoms with Gasteiger partial charge in [-0.2, -0.15) is 0 Å². The molecule has 0 bridgehead atoms. The molecule has 6 nitrogen and oxygen atoms in total. The fourth-order valence-electron chi connectivity index (χ4n) is 2.83. The Morgan fingerprint density at radius 2 is 2.13 bits per heavy atom. The van der Waals surface area contributed by atoms with Crippen LogP contribution in [-0.4, -0.2) is 49.0 Å². The van der Waals surface area contributed by atoms with E-state index in [9.17, 15) is 13.2 Å². The number of sulfonamides is 1. The molecule has 0 saturated carbocycles. The van der Waals surface area contributed by atoms with Gasteiger partial charge >= 0.3 is 0 Å². The van der Waals surface area contributed by atoms with Crippen LogP contribution >= 0.6 is 0 Å². The summed E-state index contributed by atoms with van der Waals surface area (Å²) in [5.41, 5.74) is 2.12. The Morgan fingerprint density at radius 3 is 2.87 bits per heavy atom. The number of fused-ring (bicyclic) bond motifs is 1. The van der Waals surface area contributed by atoms with Gasteiger partial charge in [-0.05, 0) is 25.5 Å². The zero-order valence-corrected chi connectivity index (χ0v) is 13.8. The van der Waals surface area contributed by atoms with E-state index >= 15 is 0 Å². The molecule has 0 atom stereocenters. The molecule has 2 heterocycles. The summed E-state index contributed by atoms with van der Waals surface area (Å²) < 4.78 is 24.9. The van der Waals surface area contributed by atoms with Crippen molar-refractivity contribution in [1.82, 2.24) is 14.6 Å². The van der Waals surface area contributed by atoms with Crippen LogP contribution in [0.3, 0.4) is 0 Å². The van der Waals surface area contributed by atoms with Crippen LogP contribution in [0.2, 0.25) is 0 Å². The first-order valence-corrected chi connectivity index (χ1v) is 9.21. The highest BCUT2D eigenvalue weighted by Crippen LogP contribution is 2.18. The first-order valence-electron chi connectivity index (χ1n) is 7.60. The van der Waals surface area contributed by atoms with Crippen molar-refractivity contribution in [2.75, 3.05) is 25.4 Å². The van der Waals surface area contributed by atoms with Gasteiger partial charge in [0.05, 0.1) is 16.8 Å². The fourth-order valence-corrected chi connectivity index (χ4v) is 4.36. The average molecular weight is 333 g/mol. The molecule has 1 aliphatic rings. The van der Waals surface area contributed by atoms with Crippen LogP contribution < -0.4 is 5.32 Å². The lowest BCUT2D eigenvalue weighted by Gasteiger charge is -2.15. The number of carbonyl (C=O) groups excluding carboxylic acids is 1. The second kappa shape index (κ2) is 6.25. The molecular formula is C16H19N3O3S. The van der Waals surface area contributed by atoms with Crippen molar-refractivity contribution < 1.29 is 13.2 Å². The molecule has 0 radical (unpaired) electrons. The number of nitrogens with zero attached hydrogens (tertiary/aromatic N) is 2. The van der Waals surface area contributed by atoms with Gasteiger partial charge < -0.3 is 5.32 Å². The van der Waals surface area contributed by atoms with Gasteiger partial charge in [0.1, 0.15) is 0 Å². The number of para-hydroxylation sites is 1. The Labute approximate surface area is 135 Å². The predicted octanol–water partition coefficient (Wildman–Crippen LogP) is 1.31. The number of benzene rings is 1. The number of rotatable bonds is 4. The number of aromatic nitrogens is 1. The predicted molar refractivity (Wildman–Crippen MR) is 88.8 cm³/mol. The molecule has 0 spiro atoms. The highest BCUT2D eigenvalue weighted by Gasteiger charge is 2.27. The Hall–Kier alpha value is -1.99. The molecule has 0 unspecified atom stereocenters. The van der Waals surface area contributed by atoms with Gasteiger partial charge in [-0.15, -0.1) is 0 Å². The van der Waals surface area contributed by atoms with Crippen molar-refractivity contribution in [3.63, 3.8) is 0 Å². The standard InChI is InChI=1S/C16H19N3O3S/c1-12-11-14(13-5-2-3-6-15(13)18-12)16(20)17-7-9-19-8-4-10-23(19,21)22/h2-3,5-6,11H,4,7-10H2,1H3,(H,17,20). The minimum absolute atomic E-state index is 0.204. The van der Waals surface area contributed by atoms with Gasteiger partial charge in [0.15, 0.2) is 0 Å². The van der Waals surface area contributed by atoms with E-state index in [0.717, 1.165) is 16.6 Å². The monoisotopic (exact) mass is 333 g/mol. The summed E-state index contributed by atoms with van der Waals surface area (Å²) in [4.78, 5) is 16.9. The molecule has 23 heavy (non-hydrogen) atoms. The molecule has 1 aromatic carbocycles. The number of carbonyl (C=O) groups is 1. The highest BCUT2D eigenvalue weighted by atomic mass is 32.2. The van der Waals surface area contributed by atoms with Gasteiger partial charge in [0.2, 0.25) is 10.0 Å². The molecule has 0 aliphatic carbocycles. The second-order valence-corrected chi connectivity index (χ2v) is 7.74. The number of hydrogen-bond acceptors (Lipinski definition) is 4. The summed E-state index contributed by atoms with van der Waals surface area (Å²) in [5, 5.41) is 3.61. The van der Waals surface area contributed by atoms with Crippen LogP contribution in [0.1, 0.15) is 22.5 Å². The number of pyridine rings is 1. The maximum atomic E-state index is 12.4. The average Bonchev–Trinajstić information content (AvgIpc) is 2.85. The number of nitrogens with one attached hydrogen (secondary N) is 1. The van der Waals surface area contributed by atoms with Crippen LogP contribution in [0.5, 0.6) is 0 Å². The molecule has 7 heteroatoms. The van der Waals surface area contributed by atoms with E-state index in [1.165, 1.54) is 4.31 Å². The smallest absolute Gasteiger partial charge is 0.252 e. The number of aryl methyl sites for hydroxylation is 1. The zero-order valence-electron chi connectivity index (χ0n) is 12.9. The fraction of sp³-hybridized carbons (Fsp3) is 0.375. The van der Waals surface area contributed by atoms with Crippen LogP contribution in [0, 0.1) is 6.92 Å². The third kappa shape index (κ3) is 3.35. The highest BCUT2D eigenvalue weighted by molar-refractivity contribution is 7.89. The van der Waals surface area contributed by atoms with E-state index in [4.69, 9.17) is 0 Å². The third-order valence-electron chi connectivity index (χ3n) is 3.94. The molecule has 2 aromatic rings. The summed E-state index contributed by atoms with van der Waals surface area (Å²) in [6.07, 6.45) is 0.657. The normalized spacial score (nSPS) is 17.4. The summed E-state index contributed by atoms with van der Waals surface area (Å²) >= 11 is 0. The van der Waals surface area contributed by atoms with E-state index in [0.29, 0.717) is 31.6 Å². The Bertz CT molecular complexity index is 849. The zero-order chi connectivity index (χ0) is 16.4. The Balaban J connectivity index is 1.72. The van der Waals surface area contributed by atoms with Crippen molar-refractivity contribution in [2.24, 2.45) is 0 Å². The van der Waals surface area contributed by atoms with Crippen molar-refractivity contribution in [3.8, 4) is 0 Å². The maximum Gasteiger partial charge on any atom is 0.252 e. The Morgan fingerprint density at radius 1 is 1.35 bits per heavy atom. The molecule has 1 fully saturated rings. The SMILES string of the molecule is Cc1cc(C(=O)NCCN2CCCS2(=O)=O)c2ccccc2n1. The van der Waals surface area contributed by atoms with Gasteiger partial charge in [-0.25, -0.2) is 12.7 Å². The van der Waals surface area contributed by atoms with Gasteiger partial charge in [-0.1, -0.05) is 18.2 Å². The minimum Gasteiger partial charge on any atom is -0.351 e. The molecule has 1 N–H and O–H groups in total. The van der Waals surface area contributed by atoms with Gasteiger partial charge in [0, 0.05) is 30.7 Å².